The molecule has 14 heavy (non-hydrogen) atoms. The predicted octanol–water partition coefficient (Wildman–Crippen LogP) is 1.84. The van der Waals surface area contributed by atoms with Crippen molar-refractivity contribution in [1.82, 2.24) is 0 Å². The largest absolute Gasteiger partial charge is 0.491 e. The average molecular weight is 260 g/mol. The third kappa shape index (κ3) is 2.97. The second-order valence-electron chi connectivity index (χ2n) is 3.04. The number of rotatable bonds is 4. The highest BCUT2D eigenvalue weighted by atomic mass is 79.9. The van der Waals surface area contributed by atoms with Gasteiger partial charge in [-0.1, -0.05) is 15.9 Å². The molecule has 1 aromatic carbocycles. The molecule has 0 radical (unpaired) electrons. The lowest BCUT2D eigenvalue weighted by Gasteiger charge is -2.13. The lowest BCUT2D eigenvalue weighted by Crippen LogP contribution is -2.10. The minimum Gasteiger partial charge on any atom is -0.491 e. The molecule has 0 bridgehead atoms. The van der Waals surface area contributed by atoms with Crippen LogP contribution in [0.15, 0.2) is 22.7 Å². The second-order valence-corrected chi connectivity index (χ2v) is 3.96. The Labute approximate surface area is 92.0 Å². The normalized spacial score (nSPS) is 12.6. The van der Waals surface area contributed by atoms with E-state index in [-0.39, 0.29) is 12.6 Å². The molecule has 1 unspecified atom stereocenters. The van der Waals surface area contributed by atoms with Gasteiger partial charge in [-0.05, 0) is 25.1 Å². The zero-order valence-corrected chi connectivity index (χ0v) is 9.62. The molecule has 0 heterocycles. The third-order valence-electron chi connectivity index (χ3n) is 1.81. The Morgan fingerprint density at radius 2 is 2.29 bits per heavy atom. The van der Waals surface area contributed by atoms with Crippen molar-refractivity contribution in [2.75, 3.05) is 13.2 Å². The molecule has 0 saturated carbocycles. The zero-order chi connectivity index (χ0) is 10.6. The van der Waals surface area contributed by atoms with Gasteiger partial charge in [0.05, 0.1) is 6.61 Å². The SMILES string of the molecule is CC(N)c1cc(Br)ccc1OCCO. The number of benzene rings is 1. The molecule has 0 amide bonds. The number of aliphatic hydroxyl groups is 1. The molecule has 0 fully saturated rings. The summed E-state index contributed by atoms with van der Waals surface area (Å²) < 4.78 is 6.33. The Kier molecular flexibility index (Phi) is 4.38. The van der Waals surface area contributed by atoms with Gasteiger partial charge in [0.25, 0.3) is 0 Å². The van der Waals surface area contributed by atoms with Gasteiger partial charge in [0.1, 0.15) is 12.4 Å². The molecule has 0 aliphatic carbocycles. The zero-order valence-electron chi connectivity index (χ0n) is 8.03. The van der Waals surface area contributed by atoms with E-state index in [1.807, 2.05) is 25.1 Å². The van der Waals surface area contributed by atoms with Gasteiger partial charge in [-0.25, -0.2) is 0 Å². The van der Waals surface area contributed by atoms with Crippen LogP contribution >= 0.6 is 15.9 Å². The van der Waals surface area contributed by atoms with Crippen molar-refractivity contribution in [2.24, 2.45) is 5.73 Å². The van der Waals surface area contributed by atoms with Crippen molar-refractivity contribution in [1.29, 1.82) is 0 Å². The summed E-state index contributed by atoms with van der Waals surface area (Å²) in [4.78, 5) is 0. The quantitative estimate of drug-likeness (QED) is 0.868. The summed E-state index contributed by atoms with van der Waals surface area (Å²) in [6.45, 7) is 2.20. The average Bonchev–Trinajstić information content (AvgIpc) is 2.15. The fraction of sp³-hybridized carbons (Fsp3) is 0.400. The van der Waals surface area contributed by atoms with Crippen LogP contribution in [-0.4, -0.2) is 18.3 Å². The Morgan fingerprint density at radius 1 is 1.57 bits per heavy atom. The van der Waals surface area contributed by atoms with E-state index in [2.05, 4.69) is 15.9 Å². The van der Waals surface area contributed by atoms with Crippen molar-refractivity contribution >= 4 is 15.9 Å². The summed E-state index contributed by atoms with van der Waals surface area (Å²) in [5.41, 5.74) is 6.73. The lowest BCUT2D eigenvalue weighted by atomic mass is 10.1. The van der Waals surface area contributed by atoms with Crippen LogP contribution in [0.3, 0.4) is 0 Å². The second kappa shape index (κ2) is 5.34. The van der Waals surface area contributed by atoms with E-state index in [9.17, 15) is 0 Å². The van der Waals surface area contributed by atoms with Crippen LogP contribution in [0.2, 0.25) is 0 Å². The van der Waals surface area contributed by atoms with Gasteiger partial charge in [0.15, 0.2) is 0 Å². The minimum absolute atomic E-state index is 0.00839. The number of halogens is 1. The number of aliphatic hydroxyl groups excluding tert-OH is 1. The molecule has 78 valence electrons. The van der Waals surface area contributed by atoms with E-state index in [1.54, 1.807) is 0 Å². The van der Waals surface area contributed by atoms with Gasteiger partial charge in [0, 0.05) is 16.1 Å². The van der Waals surface area contributed by atoms with Crippen molar-refractivity contribution in [3.63, 3.8) is 0 Å². The van der Waals surface area contributed by atoms with E-state index in [4.69, 9.17) is 15.6 Å². The van der Waals surface area contributed by atoms with E-state index in [1.165, 1.54) is 0 Å². The Morgan fingerprint density at radius 3 is 2.86 bits per heavy atom. The molecular weight excluding hydrogens is 246 g/mol. The smallest absolute Gasteiger partial charge is 0.124 e. The van der Waals surface area contributed by atoms with Crippen molar-refractivity contribution in [2.45, 2.75) is 13.0 Å². The molecule has 4 heteroatoms. The number of nitrogens with two attached hydrogens (primary N) is 1. The lowest BCUT2D eigenvalue weighted by molar-refractivity contribution is 0.200. The van der Waals surface area contributed by atoms with Crippen LogP contribution in [0.1, 0.15) is 18.5 Å². The first-order valence-electron chi connectivity index (χ1n) is 4.44. The van der Waals surface area contributed by atoms with Gasteiger partial charge in [-0.3, -0.25) is 0 Å². The summed E-state index contributed by atoms with van der Waals surface area (Å²) in [6, 6.07) is 5.58. The fourth-order valence-corrected chi connectivity index (χ4v) is 1.54. The molecular formula is C10H14BrNO2. The van der Waals surface area contributed by atoms with Crippen LogP contribution in [0.5, 0.6) is 5.75 Å². The molecule has 1 aromatic rings. The van der Waals surface area contributed by atoms with Crippen LogP contribution in [0.25, 0.3) is 0 Å². The highest BCUT2D eigenvalue weighted by molar-refractivity contribution is 9.10. The molecule has 3 N–H and O–H groups in total. The molecule has 0 aliphatic rings. The first-order valence-corrected chi connectivity index (χ1v) is 5.23. The van der Waals surface area contributed by atoms with E-state index in [0.717, 1.165) is 15.8 Å². The topological polar surface area (TPSA) is 55.5 Å². The molecule has 0 aromatic heterocycles. The van der Waals surface area contributed by atoms with Gasteiger partial charge < -0.3 is 15.6 Å². The number of ether oxygens (including phenoxy) is 1. The van der Waals surface area contributed by atoms with Gasteiger partial charge >= 0.3 is 0 Å². The van der Waals surface area contributed by atoms with Crippen LogP contribution in [0, 0.1) is 0 Å². The summed E-state index contributed by atoms with van der Waals surface area (Å²) >= 11 is 3.37. The van der Waals surface area contributed by atoms with E-state index >= 15 is 0 Å². The summed E-state index contributed by atoms with van der Waals surface area (Å²) in [5, 5.41) is 8.65. The first-order chi connectivity index (χ1) is 6.65. The number of hydrogen-bond donors (Lipinski definition) is 2. The predicted molar refractivity (Wildman–Crippen MR) is 59.3 cm³/mol. The van der Waals surface area contributed by atoms with Crippen LogP contribution in [-0.2, 0) is 0 Å². The third-order valence-corrected chi connectivity index (χ3v) is 2.30. The fourth-order valence-electron chi connectivity index (χ4n) is 1.16. The summed E-state index contributed by atoms with van der Waals surface area (Å²) in [5.74, 6) is 0.734. The Hall–Kier alpha value is -0.580. The summed E-state index contributed by atoms with van der Waals surface area (Å²) in [7, 11) is 0. The Balaban J connectivity index is 2.90. The monoisotopic (exact) mass is 259 g/mol. The molecule has 0 saturated heterocycles. The highest BCUT2D eigenvalue weighted by Gasteiger charge is 2.08. The van der Waals surface area contributed by atoms with Crippen LogP contribution < -0.4 is 10.5 Å². The van der Waals surface area contributed by atoms with Gasteiger partial charge in [-0.2, -0.15) is 0 Å². The maximum absolute atomic E-state index is 8.65. The van der Waals surface area contributed by atoms with Crippen molar-refractivity contribution < 1.29 is 9.84 Å². The standard InChI is InChI=1S/C10H14BrNO2/c1-7(12)9-6-8(11)2-3-10(9)14-5-4-13/h2-3,6-7,13H,4-5,12H2,1H3. The van der Waals surface area contributed by atoms with Crippen molar-refractivity contribution in [3.05, 3.63) is 28.2 Å². The highest BCUT2D eigenvalue weighted by Crippen LogP contribution is 2.27. The molecule has 1 rings (SSSR count). The maximum Gasteiger partial charge on any atom is 0.124 e. The summed E-state index contributed by atoms with van der Waals surface area (Å²) in [6.07, 6.45) is 0. The first kappa shape index (κ1) is 11.5. The molecule has 0 spiro atoms. The Bertz CT molecular complexity index is 302. The number of hydrogen-bond acceptors (Lipinski definition) is 3. The molecule has 1 atom stereocenters. The van der Waals surface area contributed by atoms with E-state index < -0.39 is 0 Å². The maximum atomic E-state index is 8.65. The van der Waals surface area contributed by atoms with Crippen LogP contribution in [0.4, 0.5) is 0 Å². The van der Waals surface area contributed by atoms with Crippen molar-refractivity contribution in [3.8, 4) is 5.75 Å². The molecule has 3 nitrogen and oxygen atoms in total. The minimum atomic E-state index is -0.0822. The van der Waals surface area contributed by atoms with Gasteiger partial charge in [0.2, 0.25) is 0 Å². The van der Waals surface area contributed by atoms with E-state index in [0.29, 0.717) is 6.61 Å². The van der Waals surface area contributed by atoms with Gasteiger partial charge in [-0.15, -0.1) is 0 Å². The molecule has 0 aliphatic heterocycles.